The molecule has 0 radical (unpaired) electrons. The van der Waals surface area contributed by atoms with E-state index >= 15 is 0 Å². The number of anilines is 4. The predicted molar refractivity (Wildman–Crippen MR) is 174 cm³/mol. The summed E-state index contributed by atoms with van der Waals surface area (Å²) in [5.74, 6) is 2.92. The molecule has 0 fully saturated rings. The Balaban J connectivity index is 0. The number of nitrogens with zero attached hydrogens (tertiary/aromatic N) is 8. The predicted octanol–water partition coefficient (Wildman–Crippen LogP) is 5.14. The van der Waals surface area contributed by atoms with Crippen LogP contribution in [0.5, 0.6) is 0 Å². The van der Waals surface area contributed by atoms with Crippen molar-refractivity contribution in [3.05, 3.63) is 96.0 Å². The van der Waals surface area contributed by atoms with E-state index in [1.54, 1.807) is 40.6 Å². The Morgan fingerprint density at radius 1 is 0.628 bits per heavy atom. The summed E-state index contributed by atoms with van der Waals surface area (Å²) in [5, 5.41) is 23.3. The average Bonchev–Trinajstić information content (AvgIpc) is 3.00. The van der Waals surface area contributed by atoms with Gasteiger partial charge in [0.2, 0.25) is 12.8 Å². The second kappa shape index (κ2) is 26.2. The van der Waals surface area contributed by atoms with E-state index in [-0.39, 0.29) is 17.1 Å². The van der Waals surface area contributed by atoms with Crippen LogP contribution in [0.15, 0.2) is 85.2 Å². The van der Waals surface area contributed by atoms with Gasteiger partial charge in [-0.25, -0.2) is 19.9 Å². The van der Waals surface area contributed by atoms with Crippen molar-refractivity contribution in [3.63, 3.8) is 0 Å². The maximum atomic E-state index is 9.43. The topological polar surface area (TPSA) is 161 Å². The van der Waals surface area contributed by atoms with Gasteiger partial charge >= 0.3 is 17.1 Å². The maximum absolute atomic E-state index is 9.43. The number of pyridine rings is 4. The zero-order valence-corrected chi connectivity index (χ0v) is 26.5. The first-order chi connectivity index (χ1) is 20.2. The van der Waals surface area contributed by atoms with Crippen LogP contribution in [0, 0.1) is 0 Å². The van der Waals surface area contributed by atoms with Crippen molar-refractivity contribution in [3.8, 4) is 11.4 Å². The van der Waals surface area contributed by atoms with Crippen LogP contribution in [0.25, 0.3) is 22.2 Å². The molecule has 0 bridgehead atoms. The summed E-state index contributed by atoms with van der Waals surface area (Å²) in [6.07, 6.45) is 4.97. The van der Waals surface area contributed by atoms with Gasteiger partial charge in [-0.15, -0.1) is 0 Å². The van der Waals surface area contributed by atoms with Crippen LogP contribution >= 0.6 is 24.4 Å². The van der Waals surface area contributed by atoms with Gasteiger partial charge in [0.15, 0.2) is 0 Å². The number of rotatable bonds is 7. The minimum absolute atomic E-state index is 0. The largest absolute Gasteiger partial charge is 2.00 e. The third-order valence-electron chi connectivity index (χ3n) is 4.02. The number of hydrogen-bond donors (Lipinski definition) is 2. The molecule has 0 saturated heterocycles. The molecule has 0 saturated carbocycles. The Bertz CT molecular complexity index is 1280. The molecule has 0 spiro atoms. The van der Waals surface area contributed by atoms with Crippen molar-refractivity contribution in [1.82, 2.24) is 29.7 Å². The molecule has 43 heavy (non-hydrogen) atoms. The standard InChI is InChI=1S/C20H16N6.2C3H7NO.2CNS.Fe/c1-3-13-21-17(9-1)25-19-11-5-7-15(23-19)16-8-6-12-20(24-16)26-18-10-2-4-14-22-18;2*1-4(2)3-5;2*2-1-3;/h1-14H,(H,21,23,25)(H,22,24,26);2*3H,1-2H3;;;/q;;;2*-1;+2. The van der Waals surface area contributed by atoms with E-state index in [0.29, 0.717) is 11.6 Å². The third-order valence-corrected chi connectivity index (χ3v) is 4.02. The molecule has 0 aromatic carbocycles. The monoisotopic (exact) mass is 658 g/mol. The molecule has 0 aliphatic carbocycles. The summed E-state index contributed by atoms with van der Waals surface area (Å²) in [5.41, 5.74) is 1.55. The summed E-state index contributed by atoms with van der Waals surface area (Å²) >= 11 is 7.40. The first-order valence-electron chi connectivity index (χ1n) is 11.8. The molecule has 4 aromatic heterocycles. The van der Waals surface area contributed by atoms with Crippen molar-refractivity contribution in [2.75, 3.05) is 38.8 Å². The van der Waals surface area contributed by atoms with Gasteiger partial charge in [-0.2, -0.15) is 10.3 Å². The molecule has 15 heteroatoms. The Labute approximate surface area is 272 Å². The fraction of sp³-hybridized carbons (Fsp3) is 0.143. The molecule has 0 atom stereocenters. The Hall–Kier alpha value is -4.74. The molecule has 0 aliphatic heterocycles. The quantitative estimate of drug-likeness (QED) is 0.118. The minimum atomic E-state index is 0. The molecule has 0 aliphatic rings. The zero-order chi connectivity index (χ0) is 31.6. The fourth-order valence-corrected chi connectivity index (χ4v) is 2.43. The van der Waals surface area contributed by atoms with E-state index in [1.807, 2.05) is 72.8 Å². The van der Waals surface area contributed by atoms with Crippen LogP contribution < -0.4 is 10.6 Å². The van der Waals surface area contributed by atoms with Crippen molar-refractivity contribution in [2.24, 2.45) is 0 Å². The van der Waals surface area contributed by atoms with Gasteiger partial charge in [-0.1, -0.05) is 48.7 Å². The van der Waals surface area contributed by atoms with Crippen molar-refractivity contribution in [2.45, 2.75) is 0 Å². The Morgan fingerprint density at radius 2 is 0.930 bits per heavy atom. The molecule has 2 amide bonds. The first-order valence-corrected chi connectivity index (χ1v) is 12.6. The van der Waals surface area contributed by atoms with Crippen LogP contribution in [-0.4, -0.2) is 81.1 Å². The van der Waals surface area contributed by atoms with E-state index in [0.717, 1.165) is 35.8 Å². The normalized spacial score (nSPS) is 8.19. The van der Waals surface area contributed by atoms with Gasteiger partial charge in [0, 0.05) is 40.6 Å². The molecule has 4 aromatic rings. The number of amides is 2. The molecular weight excluding hydrogens is 628 g/mol. The summed E-state index contributed by atoms with van der Waals surface area (Å²) < 4.78 is 0. The molecule has 12 nitrogen and oxygen atoms in total. The Kier molecular flexibility index (Phi) is 24.6. The van der Waals surface area contributed by atoms with E-state index in [2.05, 4.69) is 55.0 Å². The summed E-state index contributed by atoms with van der Waals surface area (Å²) in [6, 6.07) is 22.9. The summed E-state index contributed by atoms with van der Waals surface area (Å²) in [7, 11) is 6.75. The minimum Gasteiger partial charge on any atom is -0.753 e. The second-order valence-electron chi connectivity index (χ2n) is 7.82. The number of nitrogens with one attached hydrogen (secondary N) is 2. The summed E-state index contributed by atoms with van der Waals surface area (Å²) in [6.45, 7) is 0. The fourth-order valence-electron chi connectivity index (χ4n) is 2.43. The number of isothiocyanates is 2. The van der Waals surface area contributed by atoms with Crippen LogP contribution in [0.1, 0.15) is 0 Å². The number of aromatic nitrogens is 4. The van der Waals surface area contributed by atoms with Crippen molar-refractivity contribution < 1.29 is 26.7 Å². The number of carbonyl (C=O) groups excluding carboxylic acids is 2. The molecule has 4 heterocycles. The van der Waals surface area contributed by atoms with Crippen molar-refractivity contribution in [1.29, 1.82) is 0 Å². The average molecular weight is 659 g/mol. The van der Waals surface area contributed by atoms with Crippen LogP contribution in [0.2, 0.25) is 0 Å². The maximum Gasteiger partial charge on any atom is 2.00 e. The smallest absolute Gasteiger partial charge is 0.753 e. The van der Waals surface area contributed by atoms with Gasteiger partial charge in [-0.3, -0.25) is 9.59 Å². The van der Waals surface area contributed by atoms with E-state index < -0.39 is 0 Å². The first kappa shape index (κ1) is 40.4. The van der Waals surface area contributed by atoms with E-state index in [1.165, 1.54) is 20.1 Å². The van der Waals surface area contributed by atoms with Gasteiger partial charge in [0.05, 0.1) is 11.4 Å². The second-order valence-corrected chi connectivity index (χ2v) is 8.18. The van der Waals surface area contributed by atoms with Gasteiger partial charge in [-0.05, 0) is 48.5 Å². The number of hydrogen-bond acceptors (Lipinski definition) is 10. The van der Waals surface area contributed by atoms with Gasteiger partial charge in [0.1, 0.15) is 23.3 Å². The molecule has 4 rings (SSSR count). The SMILES string of the molecule is CN(C)C=O.CN(C)C=O.[Fe+2].[N-]=C=S.[N-]=C=S.c1ccc(Nc2cccc(-c3cccc(Nc4ccccn4)n3)n2)nc1. The van der Waals surface area contributed by atoms with Crippen LogP contribution in [0.4, 0.5) is 23.3 Å². The molecule has 2 N–H and O–H groups in total. The Morgan fingerprint density at radius 3 is 1.19 bits per heavy atom. The van der Waals surface area contributed by atoms with Crippen molar-refractivity contribution >= 4 is 70.8 Å². The van der Waals surface area contributed by atoms with Gasteiger partial charge < -0.3 is 31.3 Å². The van der Waals surface area contributed by atoms with Crippen LogP contribution in [0.3, 0.4) is 0 Å². The number of carbonyl (C=O) groups is 2. The number of thiocarbonyl (C=S) groups is 2. The third kappa shape index (κ3) is 20.7. The van der Waals surface area contributed by atoms with E-state index in [9.17, 15) is 9.59 Å². The molecular formula is C28H30FeN10O2S2. The summed E-state index contributed by atoms with van der Waals surface area (Å²) in [4.78, 5) is 39.5. The van der Waals surface area contributed by atoms with Crippen LogP contribution in [-0.2, 0) is 26.7 Å². The van der Waals surface area contributed by atoms with Gasteiger partial charge in [0.25, 0.3) is 0 Å². The molecule has 224 valence electrons. The molecule has 0 unspecified atom stereocenters. The zero-order valence-electron chi connectivity index (χ0n) is 23.8. The van der Waals surface area contributed by atoms with E-state index in [4.69, 9.17) is 10.8 Å².